The van der Waals surface area contributed by atoms with E-state index in [0.29, 0.717) is 10.8 Å². The van der Waals surface area contributed by atoms with E-state index in [0.717, 1.165) is 59.6 Å². The molecule has 0 saturated carbocycles. The van der Waals surface area contributed by atoms with Crippen LogP contribution >= 0.6 is 23.4 Å². The number of fused-ring (bicyclic) bond motifs is 1. The van der Waals surface area contributed by atoms with Crippen molar-refractivity contribution in [3.8, 4) is 17.1 Å². The summed E-state index contributed by atoms with van der Waals surface area (Å²) in [6.07, 6.45) is 6.19. The first-order chi connectivity index (χ1) is 15.2. The lowest BCUT2D eigenvalue weighted by atomic mass is 10.2. The lowest BCUT2D eigenvalue weighted by Gasteiger charge is -2.14. The number of hydrogen-bond donors (Lipinski definition) is 0. The van der Waals surface area contributed by atoms with Crippen molar-refractivity contribution in [1.29, 1.82) is 0 Å². The first-order valence-corrected chi connectivity index (χ1v) is 11.5. The van der Waals surface area contributed by atoms with Crippen LogP contribution in [0.25, 0.3) is 17.0 Å². The fraction of sp³-hybridized carbons (Fsp3) is 0.318. The van der Waals surface area contributed by atoms with Gasteiger partial charge in [-0.1, -0.05) is 23.4 Å². The van der Waals surface area contributed by atoms with Crippen molar-refractivity contribution in [3.05, 3.63) is 59.5 Å². The molecule has 1 atom stereocenters. The number of benzene rings is 1. The predicted molar refractivity (Wildman–Crippen MR) is 121 cm³/mol. The van der Waals surface area contributed by atoms with Crippen molar-refractivity contribution in [2.24, 2.45) is 0 Å². The molecule has 1 aliphatic rings. The lowest BCUT2D eigenvalue weighted by Crippen LogP contribution is -2.16. The van der Waals surface area contributed by atoms with Crippen LogP contribution in [0.5, 0.6) is 5.75 Å². The molecule has 5 rings (SSSR count). The van der Waals surface area contributed by atoms with Crippen LogP contribution in [0.4, 0.5) is 0 Å². The van der Waals surface area contributed by atoms with Crippen molar-refractivity contribution in [2.75, 3.05) is 13.7 Å². The summed E-state index contributed by atoms with van der Waals surface area (Å²) in [6, 6.07) is 11.7. The number of halogens is 1. The zero-order valence-electron chi connectivity index (χ0n) is 17.1. The minimum absolute atomic E-state index is 0.185. The summed E-state index contributed by atoms with van der Waals surface area (Å²) in [4.78, 5) is 4.67. The van der Waals surface area contributed by atoms with Gasteiger partial charge in [0.1, 0.15) is 11.4 Å². The molecule has 0 N–H and O–H groups in total. The summed E-state index contributed by atoms with van der Waals surface area (Å²) in [7, 11) is 1.66. The van der Waals surface area contributed by atoms with Crippen molar-refractivity contribution in [3.63, 3.8) is 0 Å². The van der Waals surface area contributed by atoms with Crippen molar-refractivity contribution < 1.29 is 9.47 Å². The van der Waals surface area contributed by atoms with E-state index in [-0.39, 0.29) is 6.10 Å². The molecule has 4 heterocycles. The third-order valence-corrected chi connectivity index (χ3v) is 6.51. The second-order valence-electron chi connectivity index (χ2n) is 7.41. The highest BCUT2D eigenvalue weighted by Gasteiger charge is 2.22. The van der Waals surface area contributed by atoms with E-state index in [9.17, 15) is 0 Å². The number of ether oxygens (including phenoxy) is 2. The van der Waals surface area contributed by atoms with Crippen LogP contribution in [-0.2, 0) is 17.0 Å². The standard InChI is InChI=1S/C22H22ClN5O2S/c1-29-18-7-4-15(5-8-18)21-25-26-22(28(21)13-19-3-2-10-30-19)31-14-17-12-27-11-16(23)6-9-20(27)24-17/h4-9,11-12,19H,2-3,10,13-14H2,1H3/t19-/m1/s1. The number of imidazole rings is 1. The first-order valence-electron chi connectivity index (χ1n) is 10.1. The summed E-state index contributed by atoms with van der Waals surface area (Å²) in [5.41, 5.74) is 2.84. The molecule has 4 aromatic rings. The maximum Gasteiger partial charge on any atom is 0.191 e. The second-order valence-corrected chi connectivity index (χ2v) is 8.79. The van der Waals surface area contributed by atoms with Gasteiger partial charge in [-0.2, -0.15) is 0 Å². The smallest absolute Gasteiger partial charge is 0.191 e. The van der Waals surface area contributed by atoms with Gasteiger partial charge in [-0.15, -0.1) is 10.2 Å². The van der Waals surface area contributed by atoms with Gasteiger partial charge in [0.15, 0.2) is 11.0 Å². The summed E-state index contributed by atoms with van der Waals surface area (Å²) >= 11 is 7.71. The molecule has 9 heteroatoms. The molecule has 0 spiro atoms. The van der Waals surface area contributed by atoms with Crippen LogP contribution in [-0.4, -0.2) is 44.0 Å². The SMILES string of the molecule is COc1ccc(-c2nnc(SCc3cn4cc(Cl)ccc4n3)n2C[C@H]2CCCO2)cc1. The largest absolute Gasteiger partial charge is 0.497 e. The molecule has 7 nitrogen and oxygen atoms in total. The van der Waals surface area contributed by atoms with Crippen LogP contribution in [0.2, 0.25) is 5.02 Å². The molecule has 1 saturated heterocycles. The number of thioether (sulfide) groups is 1. The molecule has 1 aliphatic heterocycles. The van der Waals surface area contributed by atoms with E-state index in [1.165, 1.54) is 0 Å². The Morgan fingerprint density at radius 1 is 1.16 bits per heavy atom. The number of pyridine rings is 1. The van der Waals surface area contributed by atoms with Gasteiger partial charge in [0, 0.05) is 30.3 Å². The summed E-state index contributed by atoms with van der Waals surface area (Å²) in [6.45, 7) is 1.55. The summed E-state index contributed by atoms with van der Waals surface area (Å²) in [5, 5.41) is 10.5. The lowest BCUT2D eigenvalue weighted by molar-refractivity contribution is 0.0953. The van der Waals surface area contributed by atoms with Crippen molar-refractivity contribution in [1.82, 2.24) is 24.1 Å². The fourth-order valence-electron chi connectivity index (χ4n) is 3.73. The number of methoxy groups -OCH3 is 1. The van der Waals surface area contributed by atoms with Crippen molar-refractivity contribution in [2.45, 2.75) is 36.4 Å². The van der Waals surface area contributed by atoms with Gasteiger partial charge in [-0.3, -0.25) is 4.57 Å². The summed E-state index contributed by atoms with van der Waals surface area (Å²) in [5.74, 6) is 2.34. The normalized spacial score (nSPS) is 16.3. The maximum absolute atomic E-state index is 6.09. The Labute approximate surface area is 189 Å². The highest BCUT2D eigenvalue weighted by molar-refractivity contribution is 7.98. The Balaban J connectivity index is 1.41. The fourth-order valence-corrected chi connectivity index (χ4v) is 4.73. The van der Waals surface area contributed by atoms with Crippen LogP contribution in [0, 0.1) is 0 Å². The van der Waals surface area contributed by atoms with Gasteiger partial charge in [0.25, 0.3) is 0 Å². The van der Waals surface area contributed by atoms with Crippen LogP contribution in [0.3, 0.4) is 0 Å². The molecule has 1 aromatic carbocycles. The Morgan fingerprint density at radius 2 is 2.03 bits per heavy atom. The van der Waals surface area contributed by atoms with Gasteiger partial charge in [0.05, 0.1) is 30.5 Å². The molecule has 3 aromatic heterocycles. The third kappa shape index (κ3) is 4.42. The Morgan fingerprint density at radius 3 is 2.81 bits per heavy atom. The van der Waals surface area contributed by atoms with Gasteiger partial charge < -0.3 is 13.9 Å². The van der Waals surface area contributed by atoms with Gasteiger partial charge in [-0.25, -0.2) is 4.98 Å². The monoisotopic (exact) mass is 455 g/mol. The second kappa shape index (κ2) is 8.90. The van der Waals surface area contributed by atoms with Crippen LogP contribution in [0.15, 0.2) is 53.9 Å². The number of nitrogens with zero attached hydrogens (tertiary/aromatic N) is 5. The molecule has 31 heavy (non-hydrogen) atoms. The van der Waals surface area contributed by atoms with E-state index in [1.807, 2.05) is 53.2 Å². The van der Waals surface area contributed by atoms with E-state index >= 15 is 0 Å². The van der Waals surface area contributed by atoms with Crippen LogP contribution < -0.4 is 4.74 Å². The summed E-state index contributed by atoms with van der Waals surface area (Å²) < 4.78 is 15.3. The molecular formula is C22H22ClN5O2S. The average Bonchev–Trinajstić information content (AvgIpc) is 3.52. The quantitative estimate of drug-likeness (QED) is 0.375. The minimum Gasteiger partial charge on any atom is -0.497 e. The topological polar surface area (TPSA) is 66.5 Å². The molecule has 0 amide bonds. The van der Waals surface area contributed by atoms with Gasteiger partial charge in [0.2, 0.25) is 0 Å². The van der Waals surface area contributed by atoms with Crippen molar-refractivity contribution >= 4 is 29.0 Å². The predicted octanol–water partition coefficient (Wildman–Crippen LogP) is 4.73. The number of hydrogen-bond acceptors (Lipinski definition) is 6. The number of aromatic nitrogens is 5. The molecule has 160 valence electrons. The van der Waals surface area contributed by atoms with E-state index in [2.05, 4.69) is 19.7 Å². The van der Waals surface area contributed by atoms with E-state index < -0.39 is 0 Å². The Hall–Kier alpha value is -2.55. The van der Waals surface area contributed by atoms with Crippen LogP contribution in [0.1, 0.15) is 18.5 Å². The molecule has 1 fully saturated rings. The molecule has 0 unspecified atom stereocenters. The zero-order valence-corrected chi connectivity index (χ0v) is 18.6. The third-order valence-electron chi connectivity index (χ3n) is 5.29. The molecule has 0 bridgehead atoms. The molecule has 0 aliphatic carbocycles. The Kier molecular flexibility index (Phi) is 5.85. The van der Waals surface area contributed by atoms with Gasteiger partial charge in [-0.05, 0) is 49.2 Å². The Bertz CT molecular complexity index is 1180. The maximum atomic E-state index is 6.09. The zero-order chi connectivity index (χ0) is 21.2. The number of rotatable bonds is 7. The van der Waals surface area contributed by atoms with Gasteiger partial charge >= 0.3 is 0 Å². The van der Waals surface area contributed by atoms with E-state index in [4.69, 9.17) is 21.1 Å². The highest BCUT2D eigenvalue weighted by Crippen LogP contribution is 2.29. The minimum atomic E-state index is 0.185. The van der Waals surface area contributed by atoms with E-state index in [1.54, 1.807) is 18.9 Å². The highest BCUT2D eigenvalue weighted by atomic mass is 35.5. The molecular weight excluding hydrogens is 434 g/mol. The average molecular weight is 456 g/mol. The molecule has 0 radical (unpaired) electrons. The first kappa shape index (κ1) is 20.4.